The Morgan fingerprint density at radius 2 is 0.921 bits per heavy atom. The highest BCUT2D eigenvalue weighted by Gasteiger charge is 2.34. The molecule has 0 saturated heterocycles. The van der Waals surface area contributed by atoms with Gasteiger partial charge in [0.15, 0.2) is 11.6 Å². The average Bonchev–Trinajstić information content (AvgIpc) is 1.65. The van der Waals surface area contributed by atoms with Crippen molar-refractivity contribution in [3.05, 3.63) is 154 Å². The molecule has 0 aliphatic carbocycles. The summed E-state index contributed by atoms with van der Waals surface area (Å²) in [5.41, 5.74) is 5.35. The van der Waals surface area contributed by atoms with Gasteiger partial charge in [-0.25, -0.2) is 38.4 Å². The van der Waals surface area contributed by atoms with E-state index < -0.39 is 53.4 Å². The summed E-state index contributed by atoms with van der Waals surface area (Å²) in [7, 11) is -6.13. The molecule has 3 aliphatic rings. The Morgan fingerprint density at radius 3 is 1.36 bits per heavy atom. The van der Waals surface area contributed by atoms with Crippen molar-refractivity contribution < 1.29 is 66.1 Å². The molecule has 21 nitrogen and oxygen atoms in total. The Kier molecular flexibility index (Phi) is 17.4. The smallest absolute Gasteiger partial charge is 0.255 e. The summed E-state index contributed by atoms with van der Waals surface area (Å²) in [6, 6.07) is 21.9. The van der Waals surface area contributed by atoms with E-state index in [-0.39, 0.29) is 93.6 Å². The second-order valence-electron chi connectivity index (χ2n) is 21.3. The minimum atomic E-state index is -3.57. The van der Waals surface area contributed by atoms with Gasteiger partial charge in [-0.2, -0.15) is 15.0 Å². The van der Waals surface area contributed by atoms with Crippen LogP contribution in [0.4, 0.5) is 30.6 Å². The van der Waals surface area contributed by atoms with E-state index in [2.05, 4.69) is 37.5 Å². The van der Waals surface area contributed by atoms with Crippen LogP contribution in [0.3, 0.4) is 0 Å². The summed E-state index contributed by atoms with van der Waals surface area (Å²) < 4.78 is 136. The maximum absolute atomic E-state index is 13.4. The lowest BCUT2D eigenvalue weighted by Crippen LogP contribution is -2.31. The van der Waals surface area contributed by atoms with Gasteiger partial charge >= 0.3 is 0 Å². The number of carbonyl (C=O) groups is 3. The second-order valence-corrected chi connectivity index (χ2v) is 27.1. The van der Waals surface area contributed by atoms with Crippen LogP contribution in [0.15, 0.2) is 117 Å². The van der Waals surface area contributed by atoms with Crippen LogP contribution in [0.25, 0.3) is 78.9 Å². The predicted molar refractivity (Wildman–Crippen MR) is 335 cm³/mol. The van der Waals surface area contributed by atoms with Gasteiger partial charge in [0.2, 0.25) is 47.2 Å². The third-order valence-electron chi connectivity index (χ3n) is 15.2. The molecular formula is C62H60F3N9O12S3. The third-order valence-corrected chi connectivity index (χ3v) is 18.7. The highest BCUT2D eigenvalue weighted by molar-refractivity contribution is 7.92. The Morgan fingerprint density at radius 1 is 0.539 bits per heavy atom. The molecule has 0 bridgehead atoms. The van der Waals surface area contributed by atoms with E-state index in [0.717, 1.165) is 36.3 Å². The Bertz CT molecular complexity index is 4700. The van der Waals surface area contributed by atoms with Crippen molar-refractivity contribution in [1.82, 2.24) is 30.9 Å². The molecule has 9 heterocycles. The fourth-order valence-electron chi connectivity index (χ4n) is 10.8. The largest absolute Gasteiger partial charge is 0.437 e. The minimum Gasteiger partial charge on any atom is -0.437 e. The molecule has 3 aromatic carbocycles. The zero-order valence-corrected chi connectivity index (χ0v) is 51.6. The first-order chi connectivity index (χ1) is 42.2. The molecule has 0 fully saturated rings. The zero-order valence-electron chi connectivity index (χ0n) is 49.2. The van der Waals surface area contributed by atoms with Crippen LogP contribution in [0.5, 0.6) is 0 Å². The maximum atomic E-state index is 13.4. The van der Waals surface area contributed by atoms with Crippen molar-refractivity contribution >= 4 is 110 Å². The van der Waals surface area contributed by atoms with E-state index >= 15 is 0 Å². The summed E-state index contributed by atoms with van der Waals surface area (Å²) in [5, 5.41) is 9.16. The number of sulfonamides is 3. The summed E-state index contributed by atoms with van der Waals surface area (Å²) in [5.74, 6) is -0.779. The van der Waals surface area contributed by atoms with Crippen molar-refractivity contribution in [3.8, 4) is 34.0 Å². The van der Waals surface area contributed by atoms with Gasteiger partial charge in [0.25, 0.3) is 17.7 Å². The normalized spacial score (nSPS) is 15.1. The van der Waals surface area contributed by atoms with E-state index in [1.165, 1.54) is 107 Å². The van der Waals surface area contributed by atoms with E-state index in [9.17, 15) is 52.8 Å². The molecule has 6 aromatic heterocycles. The van der Waals surface area contributed by atoms with Crippen LogP contribution < -0.4 is 28.9 Å². The number of halogens is 3. The van der Waals surface area contributed by atoms with Crippen molar-refractivity contribution in [3.63, 3.8) is 0 Å². The van der Waals surface area contributed by atoms with Gasteiger partial charge in [-0.05, 0) is 140 Å². The van der Waals surface area contributed by atoms with E-state index in [1.54, 1.807) is 24.3 Å². The number of carbonyl (C=O) groups excluding carboxylic acids is 3. The molecule has 9 aromatic rings. The number of hydrogen-bond donors (Lipinski definition) is 3. The lowest BCUT2D eigenvalue weighted by molar-refractivity contribution is 0.0956. The highest BCUT2D eigenvalue weighted by Crippen LogP contribution is 2.43. The molecule has 3 amide bonds. The number of rotatable bonds is 9. The number of aromatic nitrogens is 3. The number of benzene rings is 3. The molecule has 3 N–H and O–H groups in total. The number of nitrogens with one attached hydrogen (secondary N) is 3. The lowest BCUT2D eigenvalue weighted by atomic mass is 9.96. The minimum absolute atomic E-state index is 0.0605. The number of amides is 3. The number of nitrogens with zero attached hydrogens (tertiary/aromatic N) is 6. The first-order valence-electron chi connectivity index (χ1n) is 27.8. The zero-order chi connectivity index (χ0) is 64.0. The quantitative estimate of drug-likeness (QED) is 0.121. The van der Waals surface area contributed by atoms with Crippen molar-refractivity contribution in [1.29, 1.82) is 0 Å². The molecule has 464 valence electrons. The van der Waals surface area contributed by atoms with E-state index in [1.807, 2.05) is 13.0 Å². The number of fused-ring (bicyclic) bond motifs is 6. The molecule has 89 heavy (non-hydrogen) atoms. The van der Waals surface area contributed by atoms with Gasteiger partial charge in [-0.1, -0.05) is 25.7 Å². The van der Waals surface area contributed by atoms with Gasteiger partial charge in [-0.3, -0.25) is 27.3 Å². The van der Waals surface area contributed by atoms with Crippen molar-refractivity contribution in [2.75, 3.05) is 72.5 Å². The maximum Gasteiger partial charge on any atom is 0.255 e. The molecule has 0 radical (unpaired) electrons. The number of hydrogen-bond acceptors (Lipinski definition) is 15. The number of furan rings is 3. The SMILES string of the molecule is C=C1CCCN(S(C)(=O)=O)c2nc3oc(-c4ccc(F)cc4)c(C(=O)NC)c3cc21.CNC(=O)c1c(-c2ccc(F)cc2)oc2nc3c(cc12)C(C)CCCN3S(C)(=O)=O.CNC(=O)c1c(-c2ccc(F)cc2)oc2nc3c(cc12)C=CCCN3S(C)(=O)=O. The van der Waals surface area contributed by atoms with Gasteiger partial charge in [0.1, 0.15) is 40.6 Å². The Balaban J connectivity index is 0.000000147. The molecule has 0 saturated carbocycles. The van der Waals surface area contributed by atoms with Gasteiger partial charge in [-0.15, -0.1) is 0 Å². The van der Waals surface area contributed by atoms with E-state index in [0.29, 0.717) is 82.0 Å². The first kappa shape index (κ1) is 62.7. The fourth-order valence-corrected chi connectivity index (χ4v) is 13.6. The number of allylic oxidation sites excluding steroid dienone is 1. The Hall–Kier alpha value is -9.34. The van der Waals surface area contributed by atoms with Gasteiger partial charge < -0.3 is 29.2 Å². The number of pyridine rings is 3. The summed E-state index contributed by atoms with van der Waals surface area (Å²) in [6.07, 6.45) is 10.3. The highest BCUT2D eigenvalue weighted by atomic mass is 32.2. The topological polar surface area (TPSA) is 278 Å². The van der Waals surface area contributed by atoms with E-state index in [4.69, 9.17) is 13.3 Å². The molecule has 12 rings (SSSR count). The average molecular weight is 1280 g/mol. The van der Waals surface area contributed by atoms with Crippen LogP contribution in [0, 0.1) is 17.5 Å². The summed E-state index contributed by atoms with van der Waals surface area (Å²) in [4.78, 5) is 51.5. The lowest BCUT2D eigenvalue weighted by Gasteiger charge is -2.21. The predicted octanol–water partition coefficient (Wildman–Crippen LogP) is 10.4. The third kappa shape index (κ3) is 12.6. The standard InChI is InChI=1S/C21H22FN3O4S.C21H20FN3O4S.C20H18FN3O4S/c2*1-12-5-4-10-25(30(3,27)28)19-15(12)11-16-17(20(26)23-2)18(29-21(16)24-19)13-6-8-14(22)9-7-13;1-22-19(25)16-15-11-13-5-3-4-10-24(29(2,26)27)18(13)23-20(15)28-17(16)12-6-8-14(21)9-7-12/h6-9,11-12H,4-5,10H2,1-3H3,(H,23,26);6-9,11H,1,4-5,10H2,2-3H3,(H,23,26);3,5-9,11H,4,10H2,1-2H3,(H,22,25). The fraction of sp³-hybridized carbons (Fsp3) is 0.258. The van der Waals surface area contributed by atoms with Crippen molar-refractivity contribution in [2.24, 2.45) is 0 Å². The molecule has 1 atom stereocenters. The van der Waals surface area contributed by atoms with Crippen LogP contribution in [0.1, 0.15) is 92.7 Å². The molecule has 27 heteroatoms. The molecule has 3 aliphatic heterocycles. The molecule has 1 unspecified atom stereocenters. The van der Waals surface area contributed by atoms with Crippen LogP contribution in [0.2, 0.25) is 0 Å². The van der Waals surface area contributed by atoms with Crippen LogP contribution >= 0.6 is 0 Å². The number of anilines is 3. The van der Waals surface area contributed by atoms with Gasteiger partial charge in [0, 0.05) is 68.6 Å². The Labute approximate surface area is 510 Å². The molecular weight excluding hydrogens is 1220 g/mol. The molecule has 0 spiro atoms. The monoisotopic (exact) mass is 1280 g/mol. The van der Waals surface area contributed by atoms with Crippen LogP contribution in [-0.4, -0.2) is 117 Å². The summed E-state index contributed by atoms with van der Waals surface area (Å²) in [6.45, 7) is 6.96. The van der Waals surface area contributed by atoms with Crippen molar-refractivity contribution in [2.45, 2.75) is 44.9 Å². The first-order valence-corrected chi connectivity index (χ1v) is 33.4. The summed E-state index contributed by atoms with van der Waals surface area (Å²) >= 11 is 0. The second kappa shape index (κ2) is 24.7. The van der Waals surface area contributed by atoms with Gasteiger partial charge in [0.05, 0.1) is 51.6 Å². The van der Waals surface area contributed by atoms with Crippen LogP contribution in [-0.2, 0) is 30.1 Å².